The Morgan fingerprint density at radius 3 is 2.54 bits per heavy atom. The number of hydrogen-bond acceptors (Lipinski definition) is 3. The van der Waals surface area contributed by atoms with Crippen LogP contribution in [0.5, 0.6) is 11.5 Å². The highest BCUT2D eigenvalue weighted by atomic mass is 16.5. The van der Waals surface area contributed by atoms with E-state index in [0.29, 0.717) is 17.1 Å². The fourth-order valence-electron chi connectivity index (χ4n) is 3.34. The fraction of sp³-hybridized carbons (Fsp3) is 0.350. The van der Waals surface area contributed by atoms with Crippen LogP contribution in [0.25, 0.3) is 0 Å². The number of benzene rings is 2. The highest BCUT2D eigenvalue weighted by molar-refractivity contribution is 5.95. The minimum Gasteiger partial charge on any atom is -0.493 e. The van der Waals surface area contributed by atoms with Crippen LogP contribution in [0.2, 0.25) is 0 Å². The Hall–Kier alpha value is -2.49. The molecule has 1 aliphatic rings. The first kappa shape index (κ1) is 16.4. The molecule has 0 N–H and O–H groups in total. The van der Waals surface area contributed by atoms with Gasteiger partial charge in [0, 0.05) is 18.2 Å². The monoisotopic (exact) mass is 325 g/mol. The van der Waals surface area contributed by atoms with Crippen LogP contribution in [0.4, 0.5) is 0 Å². The first-order valence-corrected chi connectivity index (χ1v) is 8.30. The molecule has 1 aliphatic heterocycles. The minimum atomic E-state index is 0.0642. The Bertz CT molecular complexity index is 699. The average Bonchev–Trinajstić information content (AvgIpc) is 3.09. The molecule has 4 heteroatoms. The molecular formula is C20H23NO3. The minimum absolute atomic E-state index is 0.0642. The van der Waals surface area contributed by atoms with Gasteiger partial charge in [0.25, 0.3) is 5.91 Å². The molecule has 0 bridgehead atoms. The molecule has 0 aliphatic carbocycles. The van der Waals surface area contributed by atoms with Crippen molar-refractivity contribution in [1.82, 2.24) is 4.90 Å². The van der Waals surface area contributed by atoms with Gasteiger partial charge in [0.05, 0.1) is 14.2 Å². The normalized spacial score (nSPS) is 16.9. The van der Waals surface area contributed by atoms with Gasteiger partial charge >= 0.3 is 0 Å². The summed E-state index contributed by atoms with van der Waals surface area (Å²) in [5.74, 6) is 1.29. The predicted molar refractivity (Wildman–Crippen MR) is 93.8 cm³/mol. The van der Waals surface area contributed by atoms with Crippen molar-refractivity contribution in [3.63, 3.8) is 0 Å². The van der Waals surface area contributed by atoms with Crippen molar-refractivity contribution in [2.24, 2.45) is 0 Å². The van der Waals surface area contributed by atoms with Gasteiger partial charge in [-0.3, -0.25) is 4.79 Å². The van der Waals surface area contributed by atoms with Crippen molar-refractivity contribution < 1.29 is 14.3 Å². The van der Waals surface area contributed by atoms with Crippen molar-refractivity contribution in [2.75, 3.05) is 20.8 Å². The van der Waals surface area contributed by atoms with E-state index in [0.717, 1.165) is 25.8 Å². The van der Waals surface area contributed by atoms with E-state index in [1.807, 2.05) is 29.2 Å². The van der Waals surface area contributed by atoms with Crippen LogP contribution < -0.4 is 9.47 Å². The van der Waals surface area contributed by atoms with E-state index in [4.69, 9.17) is 9.47 Å². The average molecular weight is 325 g/mol. The first-order chi connectivity index (χ1) is 11.7. The predicted octanol–water partition coefficient (Wildman–Crippen LogP) is 3.55. The summed E-state index contributed by atoms with van der Waals surface area (Å²) in [4.78, 5) is 14.9. The highest BCUT2D eigenvalue weighted by Crippen LogP contribution is 2.30. The highest BCUT2D eigenvalue weighted by Gasteiger charge is 2.29. The summed E-state index contributed by atoms with van der Waals surface area (Å²) in [7, 11) is 3.18. The molecule has 0 unspecified atom stereocenters. The zero-order valence-electron chi connectivity index (χ0n) is 14.2. The van der Waals surface area contributed by atoms with Crippen LogP contribution in [0.15, 0.2) is 48.5 Å². The number of nitrogens with zero attached hydrogens (tertiary/aromatic N) is 1. The zero-order chi connectivity index (χ0) is 16.9. The van der Waals surface area contributed by atoms with Crippen LogP contribution in [-0.4, -0.2) is 37.6 Å². The maximum Gasteiger partial charge on any atom is 0.254 e. The van der Waals surface area contributed by atoms with Gasteiger partial charge in [0.15, 0.2) is 11.5 Å². The lowest BCUT2D eigenvalue weighted by atomic mass is 10.0. The van der Waals surface area contributed by atoms with Crippen LogP contribution >= 0.6 is 0 Å². The number of carbonyl (C=O) groups excluding carboxylic acids is 1. The van der Waals surface area contributed by atoms with E-state index in [1.54, 1.807) is 26.4 Å². The largest absolute Gasteiger partial charge is 0.493 e. The number of amides is 1. The molecule has 24 heavy (non-hydrogen) atoms. The number of ether oxygens (including phenoxy) is 2. The topological polar surface area (TPSA) is 38.8 Å². The van der Waals surface area contributed by atoms with Gasteiger partial charge in [-0.25, -0.2) is 0 Å². The molecule has 4 nitrogen and oxygen atoms in total. The summed E-state index contributed by atoms with van der Waals surface area (Å²) in [6, 6.07) is 16.0. The zero-order valence-corrected chi connectivity index (χ0v) is 14.2. The molecule has 0 saturated carbocycles. The van der Waals surface area contributed by atoms with Crippen LogP contribution in [0.3, 0.4) is 0 Å². The van der Waals surface area contributed by atoms with Crippen molar-refractivity contribution in [2.45, 2.75) is 25.3 Å². The third kappa shape index (κ3) is 3.37. The molecule has 0 aromatic heterocycles. The summed E-state index contributed by atoms with van der Waals surface area (Å²) in [6.45, 7) is 0.810. The van der Waals surface area contributed by atoms with Crippen molar-refractivity contribution >= 4 is 5.91 Å². The Kier molecular flexibility index (Phi) is 5.04. The number of hydrogen-bond donors (Lipinski definition) is 0. The molecular weight excluding hydrogens is 302 g/mol. The number of likely N-dealkylation sites (tertiary alicyclic amines) is 1. The second kappa shape index (κ2) is 7.39. The maximum absolute atomic E-state index is 12.9. The molecule has 0 spiro atoms. The molecule has 2 aromatic carbocycles. The van der Waals surface area contributed by atoms with Crippen molar-refractivity contribution in [1.29, 1.82) is 0 Å². The lowest BCUT2D eigenvalue weighted by Gasteiger charge is -2.25. The molecule has 126 valence electrons. The van der Waals surface area contributed by atoms with Gasteiger partial charge < -0.3 is 14.4 Å². The standard InChI is InChI=1S/C20H23NO3/c1-23-18-11-10-16(14-19(18)24-2)20(22)21-12-6-9-17(21)13-15-7-4-3-5-8-15/h3-5,7-8,10-11,14,17H,6,9,12-13H2,1-2H3/t17-/m0/s1. The summed E-state index contributed by atoms with van der Waals surface area (Å²) in [5.41, 5.74) is 1.92. The molecule has 1 saturated heterocycles. The summed E-state index contributed by atoms with van der Waals surface area (Å²) < 4.78 is 10.6. The van der Waals surface area contributed by atoms with Gasteiger partial charge in [-0.15, -0.1) is 0 Å². The molecule has 1 heterocycles. The van der Waals surface area contributed by atoms with Crippen molar-refractivity contribution in [3.05, 3.63) is 59.7 Å². The Morgan fingerprint density at radius 1 is 1.08 bits per heavy atom. The smallest absolute Gasteiger partial charge is 0.254 e. The van der Waals surface area contributed by atoms with Crippen LogP contribution in [-0.2, 0) is 6.42 Å². The van der Waals surface area contributed by atoms with E-state index >= 15 is 0 Å². The summed E-state index contributed by atoms with van der Waals surface area (Å²) in [5, 5.41) is 0. The number of methoxy groups -OCH3 is 2. The van der Waals surface area contributed by atoms with E-state index < -0.39 is 0 Å². The van der Waals surface area contributed by atoms with E-state index in [1.165, 1.54) is 5.56 Å². The Morgan fingerprint density at radius 2 is 1.83 bits per heavy atom. The summed E-state index contributed by atoms with van der Waals surface area (Å²) in [6.07, 6.45) is 3.00. The van der Waals surface area contributed by atoms with E-state index in [-0.39, 0.29) is 11.9 Å². The Balaban J connectivity index is 1.78. The quantitative estimate of drug-likeness (QED) is 0.844. The lowest BCUT2D eigenvalue weighted by Crippen LogP contribution is -2.36. The Labute approximate surface area is 143 Å². The van der Waals surface area contributed by atoms with Gasteiger partial charge in [-0.05, 0) is 43.0 Å². The molecule has 1 amide bonds. The van der Waals surface area contributed by atoms with E-state index in [2.05, 4.69) is 12.1 Å². The third-order valence-corrected chi connectivity index (χ3v) is 4.58. The van der Waals surface area contributed by atoms with Gasteiger partial charge in [0.1, 0.15) is 0 Å². The number of carbonyl (C=O) groups is 1. The van der Waals surface area contributed by atoms with E-state index in [9.17, 15) is 4.79 Å². The molecule has 2 aromatic rings. The van der Waals surface area contributed by atoms with Gasteiger partial charge in [-0.1, -0.05) is 30.3 Å². The van der Waals surface area contributed by atoms with Gasteiger partial charge in [-0.2, -0.15) is 0 Å². The number of rotatable bonds is 5. The SMILES string of the molecule is COc1ccc(C(=O)N2CCC[C@H]2Cc2ccccc2)cc1OC. The molecule has 0 radical (unpaired) electrons. The first-order valence-electron chi connectivity index (χ1n) is 8.30. The third-order valence-electron chi connectivity index (χ3n) is 4.58. The van der Waals surface area contributed by atoms with Crippen LogP contribution in [0.1, 0.15) is 28.8 Å². The maximum atomic E-state index is 12.9. The van der Waals surface area contributed by atoms with Gasteiger partial charge in [0.2, 0.25) is 0 Å². The molecule has 1 fully saturated rings. The summed E-state index contributed by atoms with van der Waals surface area (Å²) >= 11 is 0. The van der Waals surface area contributed by atoms with Crippen molar-refractivity contribution in [3.8, 4) is 11.5 Å². The van der Waals surface area contributed by atoms with Crippen LogP contribution in [0, 0.1) is 0 Å². The molecule has 1 atom stereocenters. The lowest BCUT2D eigenvalue weighted by molar-refractivity contribution is 0.0736. The second-order valence-electron chi connectivity index (χ2n) is 6.05. The fourth-order valence-corrected chi connectivity index (χ4v) is 3.34. The second-order valence-corrected chi connectivity index (χ2v) is 6.05. The molecule has 3 rings (SSSR count).